The Labute approximate surface area is 89.2 Å². The number of nitrogens with one attached hydrogen (secondary N) is 1. The summed E-state index contributed by atoms with van der Waals surface area (Å²) in [7, 11) is 0. The number of rotatable bonds is 2. The second-order valence-corrected chi connectivity index (χ2v) is 4.40. The van der Waals surface area contributed by atoms with Gasteiger partial charge in [0.2, 0.25) is 0 Å². The van der Waals surface area contributed by atoms with Crippen LogP contribution < -0.4 is 0 Å². The normalized spacial score (nSPS) is 11.9. The molecule has 0 aliphatic heterocycles. The topological polar surface area (TPSA) is 54.5 Å². The summed E-state index contributed by atoms with van der Waals surface area (Å²) in [6, 6.07) is 0. The van der Waals surface area contributed by atoms with Crippen LogP contribution in [0.5, 0.6) is 0 Å². The van der Waals surface area contributed by atoms with Crippen LogP contribution >= 0.6 is 0 Å². The van der Waals surface area contributed by atoms with Gasteiger partial charge >= 0.3 is 0 Å². The molecule has 0 aromatic carbocycles. The van der Waals surface area contributed by atoms with Crippen LogP contribution in [0.15, 0.2) is 6.20 Å². The van der Waals surface area contributed by atoms with Gasteiger partial charge < -0.3 is 4.98 Å². The molecule has 0 fully saturated rings. The smallest absolute Gasteiger partial charge is 0.197 e. The Morgan fingerprint density at radius 3 is 2.40 bits per heavy atom. The number of H-pyrrole nitrogens is 1. The number of fused-ring (bicyclic) bond motifs is 1. The first-order chi connectivity index (χ1) is 7.08. The predicted molar refractivity (Wildman–Crippen MR) is 59.9 cm³/mol. The average molecular weight is 204 g/mol. The molecular formula is C11H16N4. The minimum absolute atomic E-state index is 0.378. The van der Waals surface area contributed by atoms with Crippen molar-refractivity contribution >= 4 is 11.3 Å². The summed E-state index contributed by atoms with van der Waals surface area (Å²) in [4.78, 5) is 16.4. The standard InChI is InChI=1S/C11H16N4/c1-6(2)8-5-12-10-11(13-8)15-9(14-10)7(3)4/h5-7H,1-4H3,(H,12,13,14,15). The van der Waals surface area contributed by atoms with Crippen LogP contribution in [0.2, 0.25) is 0 Å². The van der Waals surface area contributed by atoms with Gasteiger partial charge in [-0.05, 0) is 5.92 Å². The predicted octanol–water partition coefficient (Wildman–Crippen LogP) is 2.60. The molecular weight excluding hydrogens is 188 g/mol. The lowest BCUT2D eigenvalue weighted by molar-refractivity contribution is 0.796. The van der Waals surface area contributed by atoms with E-state index in [1.54, 1.807) is 6.20 Å². The van der Waals surface area contributed by atoms with E-state index in [0.717, 1.165) is 17.2 Å². The van der Waals surface area contributed by atoms with Crippen molar-refractivity contribution in [2.75, 3.05) is 0 Å². The van der Waals surface area contributed by atoms with Crippen molar-refractivity contribution in [1.82, 2.24) is 19.9 Å². The Bertz CT molecular complexity index is 464. The van der Waals surface area contributed by atoms with Crippen LogP contribution in [-0.4, -0.2) is 19.9 Å². The fraction of sp³-hybridized carbons (Fsp3) is 0.545. The minimum Gasteiger partial charge on any atom is -0.325 e. The highest BCUT2D eigenvalue weighted by Crippen LogP contribution is 2.16. The second kappa shape index (κ2) is 3.61. The Balaban J connectivity index is 2.52. The summed E-state index contributed by atoms with van der Waals surface area (Å²) in [5.41, 5.74) is 2.51. The SMILES string of the molecule is CC(C)c1cnc2nc(C(C)C)[nH]c2n1. The number of aromatic amines is 1. The van der Waals surface area contributed by atoms with Crippen molar-refractivity contribution in [2.45, 2.75) is 39.5 Å². The summed E-state index contributed by atoms with van der Waals surface area (Å²) < 4.78 is 0. The molecule has 0 radical (unpaired) electrons. The molecule has 2 aromatic rings. The summed E-state index contributed by atoms with van der Waals surface area (Å²) >= 11 is 0. The molecule has 2 rings (SSSR count). The number of aromatic nitrogens is 4. The minimum atomic E-state index is 0.378. The maximum atomic E-state index is 4.50. The van der Waals surface area contributed by atoms with Gasteiger partial charge in [0.15, 0.2) is 11.3 Å². The maximum Gasteiger partial charge on any atom is 0.197 e. The van der Waals surface area contributed by atoms with E-state index in [4.69, 9.17) is 0 Å². The van der Waals surface area contributed by atoms with Gasteiger partial charge in [-0.15, -0.1) is 0 Å². The van der Waals surface area contributed by atoms with Gasteiger partial charge in [-0.3, -0.25) is 0 Å². The summed E-state index contributed by atoms with van der Waals surface area (Å²) in [5.74, 6) is 1.72. The molecule has 0 bridgehead atoms. The van der Waals surface area contributed by atoms with Crippen molar-refractivity contribution in [3.63, 3.8) is 0 Å². The molecule has 0 saturated heterocycles. The Kier molecular flexibility index (Phi) is 2.42. The molecule has 4 heteroatoms. The van der Waals surface area contributed by atoms with Gasteiger partial charge in [0.05, 0.1) is 11.9 Å². The quantitative estimate of drug-likeness (QED) is 0.818. The van der Waals surface area contributed by atoms with E-state index in [2.05, 4.69) is 47.6 Å². The van der Waals surface area contributed by atoms with Gasteiger partial charge in [0.1, 0.15) is 5.82 Å². The second-order valence-electron chi connectivity index (χ2n) is 4.40. The van der Waals surface area contributed by atoms with Gasteiger partial charge in [0, 0.05) is 5.92 Å². The number of nitrogens with zero attached hydrogens (tertiary/aromatic N) is 3. The monoisotopic (exact) mass is 204 g/mol. The van der Waals surface area contributed by atoms with E-state index in [9.17, 15) is 0 Å². The third-order valence-corrected chi connectivity index (χ3v) is 2.38. The lowest BCUT2D eigenvalue weighted by atomic mass is 10.1. The first kappa shape index (κ1) is 10.1. The third-order valence-electron chi connectivity index (χ3n) is 2.38. The number of hydrogen-bond acceptors (Lipinski definition) is 3. The Morgan fingerprint density at radius 2 is 1.80 bits per heavy atom. The zero-order valence-corrected chi connectivity index (χ0v) is 9.57. The first-order valence-electron chi connectivity index (χ1n) is 5.30. The molecule has 0 aliphatic rings. The highest BCUT2D eigenvalue weighted by Gasteiger charge is 2.10. The third kappa shape index (κ3) is 1.84. The van der Waals surface area contributed by atoms with Gasteiger partial charge in [-0.25, -0.2) is 15.0 Å². The fourth-order valence-electron chi connectivity index (χ4n) is 1.38. The molecule has 2 aromatic heterocycles. The highest BCUT2D eigenvalue weighted by atomic mass is 15.1. The van der Waals surface area contributed by atoms with E-state index in [1.807, 2.05) is 0 Å². The molecule has 4 nitrogen and oxygen atoms in total. The van der Waals surface area contributed by atoms with Gasteiger partial charge in [-0.2, -0.15) is 0 Å². The zero-order valence-electron chi connectivity index (χ0n) is 9.57. The molecule has 0 aliphatic carbocycles. The van der Waals surface area contributed by atoms with Crippen molar-refractivity contribution < 1.29 is 0 Å². The van der Waals surface area contributed by atoms with Crippen LogP contribution in [0.3, 0.4) is 0 Å². The molecule has 0 spiro atoms. The molecule has 0 unspecified atom stereocenters. The summed E-state index contributed by atoms with van der Waals surface area (Å²) in [5, 5.41) is 0. The maximum absolute atomic E-state index is 4.50. The van der Waals surface area contributed by atoms with E-state index in [1.165, 1.54) is 0 Å². The first-order valence-corrected chi connectivity index (χ1v) is 5.30. The van der Waals surface area contributed by atoms with E-state index in [-0.39, 0.29) is 0 Å². The van der Waals surface area contributed by atoms with Crippen LogP contribution in [0.1, 0.15) is 51.0 Å². The molecule has 80 valence electrons. The van der Waals surface area contributed by atoms with Crippen molar-refractivity contribution in [1.29, 1.82) is 0 Å². The molecule has 2 heterocycles. The zero-order chi connectivity index (χ0) is 11.0. The fourth-order valence-corrected chi connectivity index (χ4v) is 1.38. The van der Waals surface area contributed by atoms with Gasteiger partial charge in [-0.1, -0.05) is 27.7 Å². The molecule has 1 N–H and O–H groups in total. The van der Waals surface area contributed by atoms with Crippen LogP contribution in [0.25, 0.3) is 11.3 Å². The van der Waals surface area contributed by atoms with Crippen molar-refractivity contribution in [3.05, 3.63) is 17.7 Å². The summed E-state index contributed by atoms with van der Waals surface area (Å²) in [6.45, 7) is 8.41. The van der Waals surface area contributed by atoms with Crippen LogP contribution in [-0.2, 0) is 0 Å². The average Bonchev–Trinajstić information content (AvgIpc) is 2.59. The lowest BCUT2D eigenvalue weighted by Crippen LogP contribution is -1.94. The van der Waals surface area contributed by atoms with Crippen LogP contribution in [0.4, 0.5) is 0 Å². The van der Waals surface area contributed by atoms with Crippen molar-refractivity contribution in [2.24, 2.45) is 0 Å². The van der Waals surface area contributed by atoms with Gasteiger partial charge in [0.25, 0.3) is 0 Å². The Hall–Kier alpha value is -1.45. The number of hydrogen-bond donors (Lipinski definition) is 1. The molecule has 0 saturated carbocycles. The molecule has 15 heavy (non-hydrogen) atoms. The lowest BCUT2D eigenvalue weighted by Gasteiger charge is -2.01. The summed E-state index contributed by atoms with van der Waals surface area (Å²) in [6.07, 6.45) is 1.80. The largest absolute Gasteiger partial charge is 0.325 e. The van der Waals surface area contributed by atoms with E-state index < -0.39 is 0 Å². The van der Waals surface area contributed by atoms with Crippen molar-refractivity contribution in [3.8, 4) is 0 Å². The van der Waals surface area contributed by atoms with E-state index >= 15 is 0 Å². The molecule has 0 atom stereocenters. The Morgan fingerprint density at radius 1 is 1.07 bits per heavy atom. The van der Waals surface area contributed by atoms with Crippen LogP contribution in [0, 0.1) is 0 Å². The number of imidazole rings is 1. The van der Waals surface area contributed by atoms with E-state index in [0.29, 0.717) is 17.5 Å². The molecule has 0 amide bonds. The highest BCUT2D eigenvalue weighted by molar-refractivity contribution is 5.65.